The molecule has 0 aliphatic heterocycles. The van der Waals surface area contributed by atoms with E-state index in [1.807, 2.05) is 13.0 Å². The SMILES string of the molecule is Cc1cccc(C(=O)Nc2ccc(Br)cc2C(=O)O)c1Br. The first-order valence-electron chi connectivity index (χ1n) is 5.99. The van der Waals surface area contributed by atoms with Crippen molar-refractivity contribution in [2.75, 3.05) is 5.32 Å². The molecule has 21 heavy (non-hydrogen) atoms. The number of anilines is 1. The van der Waals surface area contributed by atoms with Gasteiger partial charge in [0.15, 0.2) is 0 Å². The van der Waals surface area contributed by atoms with Crippen LogP contribution in [0.25, 0.3) is 0 Å². The highest BCUT2D eigenvalue weighted by atomic mass is 79.9. The minimum absolute atomic E-state index is 0.0292. The Morgan fingerprint density at radius 2 is 1.81 bits per heavy atom. The molecule has 2 rings (SSSR count). The lowest BCUT2D eigenvalue weighted by Gasteiger charge is -2.11. The van der Waals surface area contributed by atoms with E-state index >= 15 is 0 Å². The van der Waals surface area contributed by atoms with Crippen molar-refractivity contribution in [1.82, 2.24) is 0 Å². The van der Waals surface area contributed by atoms with Crippen molar-refractivity contribution in [3.05, 3.63) is 62.0 Å². The molecule has 0 saturated carbocycles. The minimum atomic E-state index is -1.10. The van der Waals surface area contributed by atoms with Gasteiger partial charge in [-0.05, 0) is 52.7 Å². The third-order valence-electron chi connectivity index (χ3n) is 2.90. The molecule has 1 amide bonds. The number of carboxylic acid groups (broad SMARTS) is 1. The number of benzene rings is 2. The van der Waals surface area contributed by atoms with Crippen molar-refractivity contribution >= 4 is 49.4 Å². The Kier molecular flexibility index (Phi) is 4.80. The molecule has 0 saturated heterocycles. The van der Waals surface area contributed by atoms with Gasteiger partial charge < -0.3 is 10.4 Å². The second-order valence-corrected chi connectivity index (χ2v) is 6.09. The molecule has 0 atom stereocenters. The molecule has 4 nitrogen and oxygen atoms in total. The summed E-state index contributed by atoms with van der Waals surface area (Å²) >= 11 is 6.58. The van der Waals surface area contributed by atoms with E-state index in [2.05, 4.69) is 37.2 Å². The molecule has 2 aromatic rings. The number of aryl methyl sites for hydroxylation is 1. The van der Waals surface area contributed by atoms with Gasteiger partial charge in [-0.3, -0.25) is 4.79 Å². The first-order valence-corrected chi connectivity index (χ1v) is 7.58. The van der Waals surface area contributed by atoms with Gasteiger partial charge in [-0.2, -0.15) is 0 Å². The maximum atomic E-state index is 12.3. The van der Waals surface area contributed by atoms with Gasteiger partial charge in [0.05, 0.1) is 16.8 Å². The zero-order valence-electron chi connectivity index (χ0n) is 11.0. The number of hydrogen-bond donors (Lipinski definition) is 2. The van der Waals surface area contributed by atoms with Gasteiger partial charge in [-0.1, -0.05) is 28.1 Å². The van der Waals surface area contributed by atoms with Crippen LogP contribution >= 0.6 is 31.9 Å². The first-order chi connectivity index (χ1) is 9.90. The van der Waals surface area contributed by atoms with Gasteiger partial charge in [0, 0.05) is 8.95 Å². The fraction of sp³-hybridized carbons (Fsp3) is 0.0667. The summed E-state index contributed by atoms with van der Waals surface area (Å²) < 4.78 is 1.33. The van der Waals surface area contributed by atoms with E-state index in [1.54, 1.807) is 24.3 Å². The molecule has 2 aromatic carbocycles. The predicted octanol–water partition coefficient (Wildman–Crippen LogP) is 4.47. The van der Waals surface area contributed by atoms with Crippen LogP contribution < -0.4 is 5.32 Å². The van der Waals surface area contributed by atoms with Crippen LogP contribution in [0.3, 0.4) is 0 Å². The topological polar surface area (TPSA) is 66.4 Å². The van der Waals surface area contributed by atoms with Gasteiger partial charge in [-0.25, -0.2) is 4.79 Å². The third-order valence-corrected chi connectivity index (χ3v) is 4.44. The lowest BCUT2D eigenvalue weighted by molar-refractivity contribution is 0.0698. The lowest BCUT2D eigenvalue weighted by atomic mass is 10.1. The smallest absolute Gasteiger partial charge is 0.337 e. The van der Waals surface area contributed by atoms with Gasteiger partial charge in [0.1, 0.15) is 0 Å². The minimum Gasteiger partial charge on any atom is -0.478 e. The fourth-order valence-corrected chi connectivity index (χ4v) is 2.62. The Morgan fingerprint density at radius 1 is 1.10 bits per heavy atom. The molecule has 0 radical (unpaired) electrons. The number of carbonyl (C=O) groups is 2. The number of nitrogens with one attached hydrogen (secondary N) is 1. The summed E-state index contributed by atoms with van der Waals surface area (Å²) in [5, 5.41) is 11.8. The molecule has 0 spiro atoms. The summed E-state index contributed by atoms with van der Waals surface area (Å²) in [7, 11) is 0. The molecule has 0 heterocycles. The molecule has 0 unspecified atom stereocenters. The van der Waals surface area contributed by atoms with Crippen molar-refractivity contribution in [2.45, 2.75) is 6.92 Å². The quantitative estimate of drug-likeness (QED) is 0.781. The number of amides is 1. The van der Waals surface area contributed by atoms with E-state index in [9.17, 15) is 14.7 Å². The normalized spacial score (nSPS) is 10.2. The highest BCUT2D eigenvalue weighted by molar-refractivity contribution is 9.10. The maximum Gasteiger partial charge on any atom is 0.337 e. The Bertz CT molecular complexity index is 729. The summed E-state index contributed by atoms with van der Waals surface area (Å²) in [6.07, 6.45) is 0. The Labute approximate surface area is 138 Å². The molecule has 0 bridgehead atoms. The number of aromatic carboxylic acids is 1. The van der Waals surface area contributed by atoms with Gasteiger partial charge in [0.25, 0.3) is 5.91 Å². The number of rotatable bonds is 3. The van der Waals surface area contributed by atoms with Crippen LogP contribution in [-0.2, 0) is 0 Å². The molecule has 0 aliphatic carbocycles. The van der Waals surface area contributed by atoms with Crippen molar-refractivity contribution in [3.63, 3.8) is 0 Å². The molecule has 6 heteroatoms. The van der Waals surface area contributed by atoms with Gasteiger partial charge in [-0.15, -0.1) is 0 Å². The zero-order chi connectivity index (χ0) is 15.6. The Hall–Kier alpha value is -1.66. The van der Waals surface area contributed by atoms with Crippen molar-refractivity contribution in [2.24, 2.45) is 0 Å². The standard InChI is InChI=1S/C15H11Br2NO3/c1-8-3-2-4-10(13(8)17)14(19)18-12-6-5-9(16)7-11(12)15(20)21/h2-7H,1H3,(H,18,19)(H,20,21). The van der Waals surface area contributed by atoms with Crippen LogP contribution in [-0.4, -0.2) is 17.0 Å². The average molecular weight is 413 g/mol. The van der Waals surface area contributed by atoms with Crippen molar-refractivity contribution < 1.29 is 14.7 Å². The molecular weight excluding hydrogens is 402 g/mol. The van der Waals surface area contributed by atoms with Crippen LogP contribution in [0.1, 0.15) is 26.3 Å². The van der Waals surface area contributed by atoms with E-state index in [0.717, 1.165) is 5.56 Å². The summed E-state index contributed by atoms with van der Waals surface area (Å²) in [4.78, 5) is 23.5. The predicted molar refractivity (Wildman–Crippen MR) is 87.9 cm³/mol. The number of carbonyl (C=O) groups excluding carboxylic acids is 1. The fourth-order valence-electron chi connectivity index (χ4n) is 1.81. The molecule has 0 aromatic heterocycles. The number of hydrogen-bond acceptors (Lipinski definition) is 2. The van der Waals surface area contributed by atoms with E-state index in [1.165, 1.54) is 6.07 Å². The highest BCUT2D eigenvalue weighted by Gasteiger charge is 2.16. The van der Waals surface area contributed by atoms with E-state index < -0.39 is 5.97 Å². The van der Waals surface area contributed by atoms with E-state index in [4.69, 9.17) is 0 Å². The molecular formula is C15H11Br2NO3. The Morgan fingerprint density at radius 3 is 2.48 bits per heavy atom. The summed E-state index contributed by atoms with van der Waals surface area (Å²) in [5.41, 5.74) is 1.66. The zero-order valence-corrected chi connectivity index (χ0v) is 14.2. The maximum absolute atomic E-state index is 12.3. The monoisotopic (exact) mass is 411 g/mol. The lowest BCUT2D eigenvalue weighted by Crippen LogP contribution is -2.15. The summed E-state index contributed by atoms with van der Waals surface area (Å²) in [5.74, 6) is -1.47. The highest BCUT2D eigenvalue weighted by Crippen LogP contribution is 2.25. The van der Waals surface area contributed by atoms with Crippen LogP contribution in [0.15, 0.2) is 45.3 Å². The van der Waals surface area contributed by atoms with Crippen LogP contribution in [0, 0.1) is 6.92 Å². The molecule has 0 aliphatic rings. The Balaban J connectivity index is 2.36. The third kappa shape index (κ3) is 3.51. The summed E-state index contributed by atoms with van der Waals surface area (Å²) in [6, 6.07) is 10.00. The largest absolute Gasteiger partial charge is 0.478 e. The van der Waals surface area contributed by atoms with E-state index in [-0.39, 0.29) is 17.2 Å². The van der Waals surface area contributed by atoms with Gasteiger partial charge >= 0.3 is 5.97 Å². The van der Waals surface area contributed by atoms with Crippen molar-refractivity contribution in [1.29, 1.82) is 0 Å². The first kappa shape index (κ1) is 15.7. The number of halogens is 2. The van der Waals surface area contributed by atoms with Crippen LogP contribution in [0.2, 0.25) is 0 Å². The average Bonchev–Trinajstić information content (AvgIpc) is 2.43. The van der Waals surface area contributed by atoms with Crippen molar-refractivity contribution in [3.8, 4) is 0 Å². The van der Waals surface area contributed by atoms with Crippen LogP contribution in [0.5, 0.6) is 0 Å². The number of carboxylic acids is 1. The van der Waals surface area contributed by atoms with E-state index in [0.29, 0.717) is 14.5 Å². The van der Waals surface area contributed by atoms with Crippen LogP contribution in [0.4, 0.5) is 5.69 Å². The second kappa shape index (κ2) is 6.41. The second-order valence-electron chi connectivity index (χ2n) is 4.39. The molecule has 0 fully saturated rings. The summed E-state index contributed by atoms with van der Waals surface area (Å²) in [6.45, 7) is 1.88. The van der Waals surface area contributed by atoms with Gasteiger partial charge in [0.2, 0.25) is 0 Å². The molecule has 2 N–H and O–H groups in total. The molecule has 108 valence electrons.